The van der Waals surface area contributed by atoms with E-state index in [0.29, 0.717) is 5.57 Å². The van der Waals surface area contributed by atoms with Crippen LogP contribution in [-0.2, 0) is 9.59 Å². The van der Waals surface area contributed by atoms with Gasteiger partial charge < -0.3 is 15.3 Å². The van der Waals surface area contributed by atoms with Gasteiger partial charge in [0.25, 0.3) is 0 Å². The molecule has 0 aromatic heterocycles. The molecule has 0 rings (SSSR count). The minimum atomic E-state index is -0.981. The van der Waals surface area contributed by atoms with Gasteiger partial charge in [0, 0.05) is 18.2 Å². The average molecular weight is 242 g/mol. The monoisotopic (exact) mass is 242 g/mol. The number of rotatable bonds is 6. The summed E-state index contributed by atoms with van der Waals surface area (Å²) in [6.07, 6.45) is 1.81. The van der Waals surface area contributed by atoms with Crippen molar-refractivity contribution in [3.8, 4) is 0 Å². The molecule has 0 bridgehead atoms. The highest BCUT2D eigenvalue weighted by molar-refractivity contribution is 5.91. The van der Waals surface area contributed by atoms with E-state index in [9.17, 15) is 9.59 Å². The molecule has 5 nitrogen and oxygen atoms in total. The largest absolute Gasteiger partial charge is 0.478 e. The number of carbonyl (C=O) groups is 2. The molecule has 2 N–H and O–H groups in total. The van der Waals surface area contributed by atoms with Crippen LogP contribution in [0.25, 0.3) is 0 Å². The third-order valence-electron chi connectivity index (χ3n) is 1.63. The highest BCUT2D eigenvalue weighted by atomic mass is 16.4. The maximum Gasteiger partial charge on any atom is 0.327 e. The molecule has 1 amide bonds. The molecule has 0 atom stereocenters. The minimum absolute atomic E-state index is 0.0474. The van der Waals surface area contributed by atoms with Crippen LogP contribution in [0.3, 0.4) is 0 Å². The molecule has 5 heteroatoms. The van der Waals surface area contributed by atoms with Gasteiger partial charge in [0.05, 0.1) is 0 Å². The summed E-state index contributed by atoms with van der Waals surface area (Å²) in [5.74, 6) is -1.03. The van der Waals surface area contributed by atoms with Gasteiger partial charge in [-0.3, -0.25) is 4.79 Å². The molecule has 0 fully saturated rings. The van der Waals surface area contributed by atoms with Crippen LogP contribution in [0.2, 0.25) is 0 Å². The van der Waals surface area contributed by atoms with Crippen LogP contribution in [0.4, 0.5) is 0 Å². The highest BCUT2D eigenvalue weighted by Crippen LogP contribution is 1.86. The summed E-state index contributed by atoms with van der Waals surface area (Å²) in [5, 5.41) is 10.4. The zero-order chi connectivity index (χ0) is 13.8. The first-order valence-corrected chi connectivity index (χ1v) is 5.25. The van der Waals surface area contributed by atoms with Crippen molar-refractivity contribution in [2.75, 3.05) is 27.2 Å². The lowest BCUT2D eigenvalue weighted by Crippen LogP contribution is -2.27. The Labute approximate surface area is 103 Å². The summed E-state index contributed by atoms with van der Waals surface area (Å²) in [4.78, 5) is 22.3. The summed E-state index contributed by atoms with van der Waals surface area (Å²) in [7, 11) is 4.03. The van der Waals surface area contributed by atoms with Gasteiger partial charge >= 0.3 is 5.97 Å². The molecule has 0 aromatic carbocycles. The van der Waals surface area contributed by atoms with Crippen molar-refractivity contribution >= 4 is 11.9 Å². The molecule has 0 saturated heterocycles. The predicted octanol–water partition coefficient (Wildman–Crippen LogP) is 0.887. The predicted molar refractivity (Wildman–Crippen MR) is 68.8 cm³/mol. The fraction of sp³-hybridized carbons (Fsp3) is 0.500. The summed E-state index contributed by atoms with van der Waals surface area (Å²) in [6, 6.07) is 0. The second-order valence-electron chi connectivity index (χ2n) is 3.74. The quantitative estimate of drug-likeness (QED) is 0.536. The first-order chi connectivity index (χ1) is 7.81. The number of hydrogen-bond donors (Lipinski definition) is 2. The number of amides is 1. The lowest BCUT2D eigenvalue weighted by atomic mass is 10.3. The first-order valence-electron chi connectivity index (χ1n) is 5.25. The fourth-order valence-corrected chi connectivity index (χ4v) is 0.748. The Balaban J connectivity index is 0. The maximum atomic E-state index is 11.0. The van der Waals surface area contributed by atoms with E-state index in [1.54, 1.807) is 6.92 Å². The average Bonchev–Trinajstić information content (AvgIpc) is 2.24. The van der Waals surface area contributed by atoms with Crippen molar-refractivity contribution in [2.45, 2.75) is 13.3 Å². The van der Waals surface area contributed by atoms with E-state index in [1.807, 2.05) is 14.1 Å². The zero-order valence-electron chi connectivity index (χ0n) is 10.8. The molecule has 0 aromatic rings. The van der Waals surface area contributed by atoms with Crippen molar-refractivity contribution in [3.63, 3.8) is 0 Å². The molecular weight excluding hydrogens is 220 g/mol. The van der Waals surface area contributed by atoms with Gasteiger partial charge in [-0.25, -0.2) is 4.79 Å². The number of aliphatic carboxylic acids is 1. The molecule has 0 saturated carbocycles. The first kappa shape index (κ1) is 17.8. The van der Waals surface area contributed by atoms with Gasteiger partial charge in [0.1, 0.15) is 0 Å². The molecule has 17 heavy (non-hydrogen) atoms. The summed E-state index contributed by atoms with van der Waals surface area (Å²) >= 11 is 0. The van der Waals surface area contributed by atoms with Crippen LogP contribution in [0.15, 0.2) is 24.8 Å². The van der Waals surface area contributed by atoms with Gasteiger partial charge in [0.2, 0.25) is 5.91 Å². The minimum Gasteiger partial charge on any atom is -0.478 e. The van der Waals surface area contributed by atoms with E-state index in [4.69, 9.17) is 5.11 Å². The Bertz CT molecular complexity index is 273. The van der Waals surface area contributed by atoms with E-state index < -0.39 is 5.97 Å². The van der Waals surface area contributed by atoms with Gasteiger partial charge in [-0.1, -0.05) is 13.2 Å². The Morgan fingerprint density at radius 3 is 2.18 bits per heavy atom. The van der Waals surface area contributed by atoms with Gasteiger partial charge in [0.15, 0.2) is 0 Å². The number of carboxylic acid groups (broad SMARTS) is 1. The molecule has 0 unspecified atom stereocenters. The van der Waals surface area contributed by atoms with Crippen LogP contribution >= 0.6 is 0 Å². The number of nitrogens with zero attached hydrogens (tertiary/aromatic N) is 1. The van der Waals surface area contributed by atoms with Crippen molar-refractivity contribution < 1.29 is 14.7 Å². The second-order valence-corrected chi connectivity index (χ2v) is 3.74. The normalized spacial score (nSPS) is 8.94. The maximum absolute atomic E-state index is 11.0. The summed E-state index contributed by atoms with van der Waals surface area (Å²) < 4.78 is 0. The standard InChI is InChI=1S/C9H18N2O.C3H4O2/c1-8(2)9(12)10-6-5-7-11(3)4;1-2-3(4)5/h1,5-7H2,2-4H3,(H,10,12);2H,1H2,(H,4,5). The number of carbonyl (C=O) groups excluding carboxylic acids is 1. The van der Waals surface area contributed by atoms with E-state index in [-0.39, 0.29) is 5.91 Å². The Hall–Kier alpha value is -1.62. The van der Waals surface area contributed by atoms with Crippen LogP contribution in [0.5, 0.6) is 0 Å². The van der Waals surface area contributed by atoms with E-state index in [0.717, 1.165) is 25.6 Å². The van der Waals surface area contributed by atoms with Crippen molar-refractivity contribution in [1.82, 2.24) is 10.2 Å². The Kier molecular flexibility index (Phi) is 11.4. The van der Waals surface area contributed by atoms with E-state index in [2.05, 4.69) is 23.4 Å². The summed E-state index contributed by atoms with van der Waals surface area (Å²) in [6.45, 7) is 9.94. The van der Waals surface area contributed by atoms with Crippen LogP contribution in [-0.4, -0.2) is 49.1 Å². The van der Waals surface area contributed by atoms with Crippen molar-refractivity contribution in [3.05, 3.63) is 24.8 Å². The molecule has 0 radical (unpaired) electrons. The van der Waals surface area contributed by atoms with Crippen molar-refractivity contribution in [2.24, 2.45) is 0 Å². The lowest BCUT2D eigenvalue weighted by Gasteiger charge is -2.09. The molecule has 0 aliphatic carbocycles. The van der Waals surface area contributed by atoms with Crippen LogP contribution in [0.1, 0.15) is 13.3 Å². The van der Waals surface area contributed by atoms with Gasteiger partial charge in [-0.15, -0.1) is 0 Å². The number of carboxylic acids is 1. The Morgan fingerprint density at radius 1 is 1.41 bits per heavy atom. The fourth-order valence-electron chi connectivity index (χ4n) is 0.748. The zero-order valence-corrected chi connectivity index (χ0v) is 10.8. The molecule has 0 spiro atoms. The van der Waals surface area contributed by atoms with Crippen LogP contribution in [0, 0.1) is 0 Å². The van der Waals surface area contributed by atoms with Gasteiger partial charge in [-0.05, 0) is 34.0 Å². The molecular formula is C12H22N2O3. The third-order valence-corrected chi connectivity index (χ3v) is 1.63. The van der Waals surface area contributed by atoms with E-state index in [1.165, 1.54) is 0 Å². The smallest absolute Gasteiger partial charge is 0.327 e. The topological polar surface area (TPSA) is 69.6 Å². The van der Waals surface area contributed by atoms with Crippen molar-refractivity contribution in [1.29, 1.82) is 0 Å². The molecule has 0 heterocycles. The second kappa shape index (κ2) is 10.9. The molecule has 0 aliphatic heterocycles. The highest BCUT2D eigenvalue weighted by Gasteiger charge is 1.99. The SMILES string of the molecule is C=C(C)C(=O)NCCCN(C)C.C=CC(=O)O. The Morgan fingerprint density at radius 2 is 1.88 bits per heavy atom. The molecule has 98 valence electrons. The molecule has 0 aliphatic rings. The van der Waals surface area contributed by atoms with Crippen LogP contribution < -0.4 is 5.32 Å². The third kappa shape index (κ3) is 17.0. The number of hydrogen-bond acceptors (Lipinski definition) is 3. The number of nitrogens with one attached hydrogen (secondary N) is 1. The lowest BCUT2D eigenvalue weighted by molar-refractivity contribution is -0.131. The van der Waals surface area contributed by atoms with Gasteiger partial charge in [-0.2, -0.15) is 0 Å². The van der Waals surface area contributed by atoms with E-state index >= 15 is 0 Å². The summed E-state index contributed by atoms with van der Waals surface area (Å²) in [5.41, 5.74) is 0.569.